The first-order valence-electron chi connectivity index (χ1n) is 6.43. The standard InChI is InChI=1S/C14H20N2O2/c15-13-6-2-1-5-12(13)8-14(17)16-9-11-4-3-7-18-10-11/h1-2,5-6,11H,3-4,7-10,15H2,(H,16,17). The molecule has 0 saturated carbocycles. The molecule has 1 atom stereocenters. The monoisotopic (exact) mass is 248 g/mol. The topological polar surface area (TPSA) is 64.4 Å². The predicted molar refractivity (Wildman–Crippen MR) is 71.1 cm³/mol. The van der Waals surface area contributed by atoms with Gasteiger partial charge in [0.1, 0.15) is 0 Å². The van der Waals surface area contributed by atoms with E-state index >= 15 is 0 Å². The van der Waals surface area contributed by atoms with Gasteiger partial charge in [-0.05, 0) is 30.4 Å². The summed E-state index contributed by atoms with van der Waals surface area (Å²) in [5, 5.41) is 2.95. The summed E-state index contributed by atoms with van der Waals surface area (Å²) in [4.78, 5) is 11.8. The van der Waals surface area contributed by atoms with E-state index in [-0.39, 0.29) is 5.91 Å². The van der Waals surface area contributed by atoms with E-state index in [1.807, 2.05) is 24.3 Å². The minimum absolute atomic E-state index is 0.0264. The third-order valence-electron chi connectivity index (χ3n) is 3.25. The number of para-hydroxylation sites is 1. The summed E-state index contributed by atoms with van der Waals surface area (Å²) in [5.74, 6) is 0.481. The van der Waals surface area contributed by atoms with Gasteiger partial charge in [-0.2, -0.15) is 0 Å². The maximum absolute atomic E-state index is 11.8. The van der Waals surface area contributed by atoms with Crippen LogP contribution in [0.15, 0.2) is 24.3 Å². The molecule has 1 aromatic rings. The van der Waals surface area contributed by atoms with Crippen LogP contribution < -0.4 is 11.1 Å². The number of nitrogens with one attached hydrogen (secondary N) is 1. The lowest BCUT2D eigenvalue weighted by Gasteiger charge is -2.22. The number of hydrogen-bond donors (Lipinski definition) is 2. The minimum atomic E-state index is 0.0264. The second-order valence-electron chi connectivity index (χ2n) is 4.76. The molecular formula is C14H20N2O2. The zero-order valence-corrected chi connectivity index (χ0v) is 10.5. The van der Waals surface area contributed by atoms with Crippen LogP contribution in [0.1, 0.15) is 18.4 Å². The summed E-state index contributed by atoms with van der Waals surface area (Å²) in [7, 11) is 0. The quantitative estimate of drug-likeness (QED) is 0.791. The lowest BCUT2D eigenvalue weighted by atomic mass is 10.0. The van der Waals surface area contributed by atoms with Crippen molar-refractivity contribution in [3.63, 3.8) is 0 Å². The van der Waals surface area contributed by atoms with Gasteiger partial charge in [0, 0.05) is 18.8 Å². The van der Waals surface area contributed by atoms with E-state index in [4.69, 9.17) is 10.5 Å². The fourth-order valence-corrected chi connectivity index (χ4v) is 2.16. The molecule has 0 radical (unpaired) electrons. The van der Waals surface area contributed by atoms with Gasteiger partial charge in [0.05, 0.1) is 13.0 Å². The summed E-state index contributed by atoms with van der Waals surface area (Å²) in [6.07, 6.45) is 2.57. The van der Waals surface area contributed by atoms with Gasteiger partial charge in [-0.25, -0.2) is 0 Å². The molecule has 1 saturated heterocycles. The highest BCUT2D eigenvalue weighted by atomic mass is 16.5. The lowest BCUT2D eigenvalue weighted by molar-refractivity contribution is -0.120. The maximum atomic E-state index is 11.8. The molecule has 0 aromatic heterocycles. The lowest BCUT2D eigenvalue weighted by Crippen LogP contribution is -2.34. The number of anilines is 1. The SMILES string of the molecule is Nc1ccccc1CC(=O)NCC1CCCOC1. The molecule has 1 fully saturated rings. The second-order valence-corrected chi connectivity index (χ2v) is 4.76. The van der Waals surface area contributed by atoms with Crippen molar-refractivity contribution in [2.24, 2.45) is 5.92 Å². The Balaban J connectivity index is 1.76. The summed E-state index contributed by atoms with van der Waals surface area (Å²) in [5.41, 5.74) is 7.37. The first kappa shape index (κ1) is 12.9. The molecule has 1 aromatic carbocycles. The number of benzene rings is 1. The maximum Gasteiger partial charge on any atom is 0.224 e. The molecule has 18 heavy (non-hydrogen) atoms. The van der Waals surface area contributed by atoms with Crippen molar-refractivity contribution in [2.75, 3.05) is 25.5 Å². The number of carbonyl (C=O) groups excluding carboxylic acids is 1. The molecule has 1 heterocycles. The van der Waals surface area contributed by atoms with Gasteiger partial charge in [0.15, 0.2) is 0 Å². The van der Waals surface area contributed by atoms with Crippen molar-refractivity contribution in [3.8, 4) is 0 Å². The fraction of sp³-hybridized carbons (Fsp3) is 0.500. The van der Waals surface area contributed by atoms with E-state index in [0.717, 1.165) is 31.6 Å². The van der Waals surface area contributed by atoms with Crippen LogP contribution >= 0.6 is 0 Å². The third-order valence-corrected chi connectivity index (χ3v) is 3.25. The van der Waals surface area contributed by atoms with E-state index in [1.54, 1.807) is 0 Å². The largest absolute Gasteiger partial charge is 0.398 e. The number of carbonyl (C=O) groups is 1. The first-order valence-corrected chi connectivity index (χ1v) is 6.43. The molecular weight excluding hydrogens is 228 g/mol. The number of nitrogens with two attached hydrogens (primary N) is 1. The Labute approximate surface area is 108 Å². The van der Waals surface area contributed by atoms with E-state index in [1.165, 1.54) is 0 Å². The van der Waals surface area contributed by atoms with Crippen LogP contribution in [0, 0.1) is 5.92 Å². The molecule has 3 N–H and O–H groups in total. The molecule has 0 bridgehead atoms. The Bertz CT molecular complexity index is 401. The van der Waals surface area contributed by atoms with Crippen LogP contribution in [0.3, 0.4) is 0 Å². The van der Waals surface area contributed by atoms with Crippen LogP contribution in [-0.4, -0.2) is 25.7 Å². The Morgan fingerprint density at radius 3 is 3.00 bits per heavy atom. The van der Waals surface area contributed by atoms with Crippen LogP contribution in [0.5, 0.6) is 0 Å². The highest BCUT2D eigenvalue weighted by molar-refractivity contribution is 5.80. The summed E-state index contributed by atoms with van der Waals surface area (Å²) < 4.78 is 5.38. The molecule has 98 valence electrons. The average Bonchev–Trinajstić information content (AvgIpc) is 2.40. The van der Waals surface area contributed by atoms with E-state index in [0.29, 0.717) is 24.6 Å². The number of rotatable bonds is 4. The molecule has 2 rings (SSSR count). The van der Waals surface area contributed by atoms with Crippen molar-refractivity contribution in [3.05, 3.63) is 29.8 Å². The first-order chi connectivity index (χ1) is 8.75. The van der Waals surface area contributed by atoms with Crippen molar-refractivity contribution >= 4 is 11.6 Å². The molecule has 1 aliphatic rings. The smallest absolute Gasteiger partial charge is 0.224 e. The van der Waals surface area contributed by atoms with Crippen LogP contribution in [0.2, 0.25) is 0 Å². The molecule has 4 heteroatoms. The van der Waals surface area contributed by atoms with E-state index in [9.17, 15) is 4.79 Å². The molecule has 0 aliphatic carbocycles. The van der Waals surface area contributed by atoms with Gasteiger partial charge in [-0.15, -0.1) is 0 Å². The van der Waals surface area contributed by atoms with Crippen molar-refractivity contribution in [2.45, 2.75) is 19.3 Å². The van der Waals surface area contributed by atoms with Crippen molar-refractivity contribution in [1.29, 1.82) is 0 Å². The Hall–Kier alpha value is -1.55. The molecule has 1 amide bonds. The molecule has 1 unspecified atom stereocenters. The van der Waals surface area contributed by atoms with Gasteiger partial charge in [0.25, 0.3) is 0 Å². The summed E-state index contributed by atoms with van der Waals surface area (Å²) in [6, 6.07) is 7.47. The Morgan fingerprint density at radius 1 is 1.44 bits per heavy atom. The normalized spacial score (nSPS) is 19.4. The average molecular weight is 248 g/mol. The number of hydrogen-bond acceptors (Lipinski definition) is 3. The predicted octanol–water partition coefficient (Wildman–Crippen LogP) is 1.35. The summed E-state index contributed by atoms with van der Waals surface area (Å²) in [6.45, 7) is 2.31. The number of ether oxygens (including phenoxy) is 1. The summed E-state index contributed by atoms with van der Waals surface area (Å²) >= 11 is 0. The molecule has 1 aliphatic heterocycles. The Morgan fingerprint density at radius 2 is 2.28 bits per heavy atom. The number of amides is 1. The van der Waals surface area contributed by atoms with Gasteiger partial charge in [-0.3, -0.25) is 4.79 Å². The second kappa shape index (κ2) is 6.40. The van der Waals surface area contributed by atoms with Crippen molar-refractivity contribution in [1.82, 2.24) is 5.32 Å². The highest BCUT2D eigenvalue weighted by Crippen LogP contribution is 2.13. The van der Waals surface area contributed by atoms with Crippen LogP contribution in [-0.2, 0) is 16.0 Å². The van der Waals surface area contributed by atoms with E-state index < -0.39 is 0 Å². The molecule has 4 nitrogen and oxygen atoms in total. The van der Waals surface area contributed by atoms with Gasteiger partial charge in [0.2, 0.25) is 5.91 Å². The molecule has 0 spiro atoms. The van der Waals surface area contributed by atoms with Crippen LogP contribution in [0.25, 0.3) is 0 Å². The highest BCUT2D eigenvalue weighted by Gasteiger charge is 2.15. The van der Waals surface area contributed by atoms with E-state index in [2.05, 4.69) is 5.32 Å². The van der Waals surface area contributed by atoms with Crippen molar-refractivity contribution < 1.29 is 9.53 Å². The van der Waals surface area contributed by atoms with Crippen LogP contribution in [0.4, 0.5) is 5.69 Å². The zero-order valence-electron chi connectivity index (χ0n) is 10.5. The number of nitrogen functional groups attached to an aromatic ring is 1. The fourth-order valence-electron chi connectivity index (χ4n) is 2.16. The van der Waals surface area contributed by atoms with Gasteiger partial charge < -0.3 is 15.8 Å². The Kier molecular flexibility index (Phi) is 4.59. The zero-order chi connectivity index (χ0) is 12.8. The van der Waals surface area contributed by atoms with Gasteiger partial charge in [-0.1, -0.05) is 18.2 Å². The third kappa shape index (κ3) is 3.74. The van der Waals surface area contributed by atoms with Gasteiger partial charge >= 0.3 is 0 Å². The minimum Gasteiger partial charge on any atom is -0.398 e.